The fourth-order valence-corrected chi connectivity index (χ4v) is 1.08. The van der Waals surface area contributed by atoms with E-state index < -0.39 is 0 Å². The number of benzene rings is 1. The van der Waals surface area contributed by atoms with Crippen LogP contribution in [-0.4, -0.2) is 0 Å². The van der Waals surface area contributed by atoms with E-state index in [1.807, 2.05) is 24.3 Å². The molecule has 0 atom stereocenters. The Labute approximate surface area is 124 Å². The second kappa shape index (κ2) is 8.25. The molecule has 0 bridgehead atoms. The maximum absolute atomic E-state index is 5.24. The SMILES string of the molecule is C1=COc2ccccc2C1.[Cu].[Hg].[Ti]. The van der Waals surface area contributed by atoms with Crippen molar-refractivity contribution in [1.29, 1.82) is 0 Å². The Bertz CT molecular complexity index is 251. The second-order valence-corrected chi connectivity index (χ2v) is 2.30. The van der Waals surface area contributed by atoms with Crippen LogP contribution in [-0.2, 0) is 72.9 Å². The molecule has 0 aliphatic carbocycles. The van der Waals surface area contributed by atoms with Gasteiger partial charge in [-0.3, -0.25) is 0 Å². The summed E-state index contributed by atoms with van der Waals surface area (Å²) in [5.41, 5.74) is 1.27. The van der Waals surface area contributed by atoms with Crippen LogP contribution in [0.3, 0.4) is 0 Å². The summed E-state index contributed by atoms with van der Waals surface area (Å²) in [7, 11) is 0. The van der Waals surface area contributed by atoms with E-state index >= 15 is 0 Å². The third-order valence-corrected chi connectivity index (χ3v) is 1.60. The van der Waals surface area contributed by atoms with Gasteiger partial charge in [0.1, 0.15) is 5.75 Å². The maximum Gasteiger partial charge on any atom is 0.130 e. The smallest absolute Gasteiger partial charge is 0.130 e. The van der Waals surface area contributed by atoms with Crippen molar-refractivity contribution in [2.24, 2.45) is 0 Å². The van der Waals surface area contributed by atoms with E-state index in [4.69, 9.17) is 4.74 Å². The van der Waals surface area contributed by atoms with Gasteiger partial charge in [0.15, 0.2) is 0 Å². The summed E-state index contributed by atoms with van der Waals surface area (Å²) < 4.78 is 5.24. The Hall–Kier alpha value is 0.929. The Kier molecular flexibility index (Phi) is 10.4. The van der Waals surface area contributed by atoms with E-state index in [2.05, 4.69) is 6.07 Å². The van der Waals surface area contributed by atoms with Crippen molar-refractivity contribution in [3.63, 3.8) is 0 Å². The number of hydrogen-bond acceptors (Lipinski definition) is 1. The van der Waals surface area contributed by atoms with Crippen molar-refractivity contribution >= 4 is 0 Å². The van der Waals surface area contributed by atoms with Gasteiger partial charge in [-0.15, -0.1) is 0 Å². The quantitative estimate of drug-likeness (QED) is 0.558. The molecule has 1 aliphatic heterocycles. The van der Waals surface area contributed by atoms with Crippen molar-refractivity contribution in [3.05, 3.63) is 42.2 Å². The second-order valence-electron chi connectivity index (χ2n) is 2.30. The fourth-order valence-electron chi connectivity index (χ4n) is 1.08. The molecule has 2 rings (SSSR count). The predicted octanol–water partition coefficient (Wildman–Crippen LogP) is 2.13. The zero-order valence-electron chi connectivity index (χ0n) is 7.09. The maximum atomic E-state index is 5.24. The van der Waals surface area contributed by atoms with Gasteiger partial charge in [-0.2, -0.15) is 0 Å². The van der Waals surface area contributed by atoms with Crippen LogP contribution in [0.5, 0.6) is 5.75 Å². The van der Waals surface area contributed by atoms with E-state index in [0.717, 1.165) is 12.2 Å². The average molecular weight is 444 g/mol. The summed E-state index contributed by atoms with van der Waals surface area (Å²) in [6, 6.07) is 8.08. The first-order valence-electron chi connectivity index (χ1n) is 3.36. The number of rotatable bonds is 0. The van der Waals surface area contributed by atoms with E-state index in [1.165, 1.54) is 5.56 Å². The average Bonchev–Trinajstić information content (AvgIpc) is 2.05. The minimum atomic E-state index is 0. The molecule has 0 saturated carbocycles. The van der Waals surface area contributed by atoms with Gasteiger partial charge in [0.05, 0.1) is 6.26 Å². The Morgan fingerprint density at radius 1 is 1.15 bits per heavy atom. The molecule has 13 heavy (non-hydrogen) atoms. The van der Waals surface area contributed by atoms with Crippen molar-refractivity contribution in [2.45, 2.75) is 6.42 Å². The number of hydrogen-bond donors (Lipinski definition) is 0. The Balaban J connectivity index is 0. The van der Waals surface area contributed by atoms with Gasteiger partial charge < -0.3 is 4.74 Å². The van der Waals surface area contributed by atoms with Gasteiger partial charge in [0.2, 0.25) is 0 Å². The first-order valence-corrected chi connectivity index (χ1v) is 3.36. The first-order chi connectivity index (χ1) is 4.97. The van der Waals surface area contributed by atoms with Gasteiger partial charge >= 0.3 is 0 Å². The molecule has 4 heteroatoms. The topological polar surface area (TPSA) is 9.23 Å². The number of fused-ring (bicyclic) bond motifs is 1. The zero-order chi connectivity index (χ0) is 6.81. The molecule has 0 spiro atoms. The summed E-state index contributed by atoms with van der Waals surface area (Å²) in [5, 5.41) is 0. The molecule has 1 aromatic rings. The van der Waals surface area contributed by atoms with Gasteiger partial charge in [-0.1, -0.05) is 18.2 Å². The van der Waals surface area contributed by atoms with Crippen molar-refractivity contribution in [3.8, 4) is 5.75 Å². The molecular weight excluding hydrogens is 436 g/mol. The van der Waals surface area contributed by atoms with Crippen molar-refractivity contribution in [2.75, 3.05) is 0 Å². The normalized spacial score (nSPS) is 10.8. The van der Waals surface area contributed by atoms with Gasteiger partial charge in [-0.25, -0.2) is 0 Å². The van der Waals surface area contributed by atoms with Crippen molar-refractivity contribution in [1.82, 2.24) is 0 Å². The molecule has 0 unspecified atom stereocenters. The van der Waals surface area contributed by atoms with Crippen LogP contribution in [0.2, 0.25) is 0 Å². The van der Waals surface area contributed by atoms with Crippen LogP contribution >= 0.6 is 0 Å². The molecule has 0 saturated heterocycles. The largest absolute Gasteiger partial charge is 0.465 e. The van der Waals surface area contributed by atoms with Gasteiger partial charge in [0.25, 0.3) is 0 Å². The standard InChI is InChI=1S/C9H8O.Cu.Hg.Ti/c1-2-6-9-8(4-1)5-3-7-10-9;;;/h1-4,6-7H,5H2;;;. The van der Waals surface area contributed by atoms with Crippen LogP contribution in [0.15, 0.2) is 36.6 Å². The van der Waals surface area contributed by atoms with E-state index in [0.29, 0.717) is 0 Å². The summed E-state index contributed by atoms with van der Waals surface area (Å²) in [6.45, 7) is 0. The van der Waals surface area contributed by atoms with Crippen LogP contribution in [0.4, 0.5) is 0 Å². The molecule has 0 fully saturated rings. The van der Waals surface area contributed by atoms with Crippen molar-refractivity contribution < 1.29 is 71.2 Å². The fraction of sp³-hybridized carbons (Fsp3) is 0.111. The Morgan fingerprint density at radius 3 is 2.54 bits per heavy atom. The first kappa shape index (κ1) is 16.4. The van der Waals surface area contributed by atoms with Crippen LogP contribution in [0, 0.1) is 0 Å². The van der Waals surface area contributed by atoms with Gasteiger partial charge in [-0.05, 0) is 24.1 Å². The molecular formula is C9H8CuHgOTi. The summed E-state index contributed by atoms with van der Waals surface area (Å²) in [6.07, 6.45) is 4.75. The summed E-state index contributed by atoms with van der Waals surface area (Å²) in [5.74, 6) is 0.991. The monoisotopic (exact) mass is 445 g/mol. The number of para-hydroxylation sites is 1. The molecule has 0 amide bonds. The minimum absolute atomic E-state index is 0. The molecule has 0 N–H and O–H groups in total. The van der Waals surface area contributed by atoms with Crippen LogP contribution in [0.1, 0.15) is 5.56 Å². The van der Waals surface area contributed by atoms with E-state index in [-0.39, 0.29) is 66.5 Å². The summed E-state index contributed by atoms with van der Waals surface area (Å²) in [4.78, 5) is 0. The van der Waals surface area contributed by atoms with E-state index in [1.54, 1.807) is 6.26 Å². The van der Waals surface area contributed by atoms with Gasteiger partial charge in [0, 0.05) is 66.5 Å². The predicted molar refractivity (Wildman–Crippen MR) is 39.9 cm³/mol. The van der Waals surface area contributed by atoms with Crippen LogP contribution < -0.4 is 4.74 Å². The number of ether oxygens (including phenoxy) is 1. The van der Waals surface area contributed by atoms with E-state index in [9.17, 15) is 0 Å². The third-order valence-electron chi connectivity index (χ3n) is 1.60. The molecule has 1 aliphatic rings. The zero-order valence-corrected chi connectivity index (χ0v) is 15.1. The molecule has 1 aromatic carbocycles. The molecule has 1 radical (unpaired) electrons. The molecule has 67 valence electrons. The van der Waals surface area contributed by atoms with Crippen LogP contribution in [0.25, 0.3) is 0 Å². The summed E-state index contributed by atoms with van der Waals surface area (Å²) >= 11 is 0. The molecule has 1 nitrogen and oxygen atoms in total. The third kappa shape index (κ3) is 4.31. The Morgan fingerprint density at radius 2 is 1.85 bits per heavy atom. The molecule has 0 aromatic heterocycles. The molecule has 1 heterocycles. The minimum Gasteiger partial charge on any atom is -0.465 e. The number of allylic oxidation sites excluding steroid dienone is 1.